The van der Waals surface area contributed by atoms with E-state index in [9.17, 15) is 4.79 Å². The van der Waals surface area contributed by atoms with Crippen molar-refractivity contribution in [3.63, 3.8) is 0 Å². The summed E-state index contributed by atoms with van der Waals surface area (Å²) in [7, 11) is 0. The van der Waals surface area contributed by atoms with Crippen LogP contribution in [-0.4, -0.2) is 22.9 Å². The molecule has 0 unspecified atom stereocenters. The van der Waals surface area contributed by atoms with Gasteiger partial charge in [0.2, 0.25) is 5.91 Å². The van der Waals surface area contributed by atoms with Crippen LogP contribution in [0.1, 0.15) is 20.8 Å². The third kappa shape index (κ3) is 0.939. The van der Waals surface area contributed by atoms with Gasteiger partial charge in [0.15, 0.2) is 0 Å². The lowest BCUT2D eigenvalue weighted by Gasteiger charge is -2.29. The lowest BCUT2D eigenvalue weighted by Crippen LogP contribution is -2.41. The van der Waals surface area contributed by atoms with E-state index in [1.54, 1.807) is 6.08 Å². The molecule has 1 rings (SSSR count). The number of hydrogen-bond acceptors (Lipinski definition) is 1. The molecule has 0 atom stereocenters. The van der Waals surface area contributed by atoms with Crippen LogP contribution in [0.15, 0.2) is 12.2 Å². The highest BCUT2D eigenvalue weighted by Gasteiger charge is 2.30. The first-order valence-corrected chi connectivity index (χ1v) is 3.59. The van der Waals surface area contributed by atoms with Crippen LogP contribution in [0.4, 0.5) is 0 Å². The number of rotatable bonds is 1. The summed E-state index contributed by atoms with van der Waals surface area (Å²) in [6.45, 7) is 6.86. The van der Waals surface area contributed by atoms with Crippen LogP contribution in [0.2, 0.25) is 0 Å². The summed E-state index contributed by atoms with van der Waals surface area (Å²) in [4.78, 5) is 12.9. The van der Waals surface area contributed by atoms with Crippen molar-refractivity contribution in [1.82, 2.24) is 4.90 Å². The Morgan fingerprint density at radius 2 is 2.20 bits per heavy atom. The van der Waals surface area contributed by atoms with E-state index >= 15 is 0 Å². The van der Waals surface area contributed by atoms with Crippen LogP contribution in [0.25, 0.3) is 0 Å². The van der Waals surface area contributed by atoms with Gasteiger partial charge in [0, 0.05) is 12.6 Å². The van der Waals surface area contributed by atoms with Gasteiger partial charge in [-0.2, -0.15) is 0 Å². The van der Waals surface area contributed by atoms with Crippen LogP contribution in [0.5, 0.6) is 0 Å². The highest BCUT2D eigenvalue weighted by molar-refractivity contribution is 5.91. The van der Waals surface area contributed by atoms with Crippen molar-refractivity contribution in [3.05, 3.63) is 12.2 Å². The summed E-state index contributed by atoms with van der Waals surface area (Å²) < 4.78 is 0. The molecular formula is C8H13NO. The van der Waals surface area contributed by atoms with E-state index < -0.39 is 0 Å². The molecule has 0 saturated carbocycles. The molecule has 0 aromatic rings. The molecule has 0 radical (unpaired) electrons. The first-order chi connectivity index (χ1) is 4.58. The monoisotopic (exact) mass is 139 g/mol. The third-order valence-electron chi connectivity index (χ3n) is 1.91. The van der Waals surface area contributed by atoms with Gasteiger partial charge in [-0.25, -0.2) is 0 Å². The Morgan fingerprint density at radius 1 is 1.60 bits per heavy atom. The minimum absolute atomic E-state index is 0.0637. The number of carbonyl (C=O) groups excluding carboxylic acids is 1. The van der Waals surface area contributed by atoms with Gasteiger partial charge in [-0.1, -0.05) is 6.08 Å². The molecule has 0 fully saturated rings. The summed E-state index contributed by atoms with van der Waals surface area (Å²) in [5.41, 5.74) is -0.0637. The predicted molar refractivity (Wildman–Crippen MR) is 40.6 cm³/mol. The maximum Gasteiger partial charge on any atom is 0.246 e. The van der Waals surface area contributed by atoms with Crippen LogP contribution >= 0.6 is 0 Å². The van der Waals surface area contributed by atoms with Crippen molar-refractivity contribution in [3.8, 4) is 0 Å². The van der Waals surface area contributed by atoms with Gasteiger partial charge in [-0.15, -0.1) is 0 Å². The van der Waals surface area contributed by atoms with E-state index in [0.29, 0.717) is 0 Å². The molecule has 1 amide bonds. The topological polar surface area (TPSA) is 20.3 Å². The van der Waals surface area contributed by atoms with E-state index in [1.165, 1.54) is 0 Å². The number of carbonyl (C=O) groups is 1. The molecule has 1 heterocycles. The Bertz CT molecular complexity index is 182. The fourth-order valence-electron chi connectivity index (χ4n) is 1.30. The smallest absolute Gasteiger partial charge is 0.246 e. The molecule has 0 saturated heterocycles. The summed E-state index contributed by atoms with van der Waals surface area (Å²) in [5, 5.41) is 0. The average Bonchev–Trinajstić information content (AvgIpc) is 2.07. The Labute approximate surface area is 61.5 Å². The van der Waals surface area contributed by atoms with Gasteiger partial charge in [0.25, 0.3) is 0 Å². The molecule has 1 aliphatic heterocycles. The molecule has 0 aliphatic carbocycles. The summed E-state index contributed by atoms with van der Waals surface area (Å²) >= 11 is 0. The first-order valence-electron chi connectivity index (χ1n) is 3.59. The van der Waals surface area contributed by atoms with Crippen LogP contribution in [0, 0.1) is 0 Å². The molecule has 1 aliphatic rings. The maximum atomic E-state index is 11.1. The van der Waals surface area contributed by atoms with E-state index in [1.807, 2.05) is 31.7 Å². The lowest BCUT2D eigenvalue weighted by atomic mass is 10.1. The standard InChI is InChI=1S/C8H13NO/c1-4-9-7(10)5-6-8(9,2)3/h5-6H,4H2,1-3H3. The maximum absolute atomic E-state index is 11.1. The van der Waals surface area contributed by atoms with Gasteiger partial charge in [0.1, 0.15) is 0 Å². The second kappa shape index (κ2) is 2.11. The largest absolute Gasteiger partial charge is 0.331 e. The normalized spacial score (nSPS) is 22.3. The molecule has 2 nitrogen and oxygen atoms in total. The molecule has 0 N–H and O–H groups in total. The Morgan fingerprint density at radius 3 is 2.40 bits per heavy atom. The second-order valence-electron chi connectivity index (χ2n) is 3.07. The lowest BCUT2D eigenvalue weighted by molar-refractivity contribution is -0.127. The number of amides is 1. The van der Waals surface area contributed by atoms with Crippen LogP contribution in [-0.2, 0) is 4.79 Å². The molecule has 0 spiro atoms. The van der Waals surface area contributed by atoms with Crippen LogP contribution < -0.4 is 0 Å². The van der Waals surface area contributed by atoms with Gasteiger partial charge in [-0.05, 0) is 20.8 Å². The average molecular weight is 139 g/mol. The fourth-order valence-corrected chi connectivity index (χ4v) is 1.30. The highest BCUT2D eigenvalue weighted by Crippen LogP contribution is 2.21. The van der Waals surface area contributed by atoms with Crippen molar-refractivity contribution in [2.75, 3.05) is 6.54 Å². The molecule has 0 bridgehead atoms. The van der Waals surface area contributed by atoms with E-state index in [4.69, 9.17) is 0 Å². The Kier molecular flexibility index (Phi) is 1.55. The van der Waals surface area contributed by atoms with Gasteiger partial charge in [0.05, 0.1) is 5.54 Å². The zero-order valence-corrected chi connectivity index (χ0v) is 6.72. The van der Waals surface area contributed by atoms with Gasteiger partial charge in [-0.3, -0.25) is 4.79 Å². The van der Waals surface area contributed by atoms with E-state index in [0.717, 1.165) is 6.54 Å². The summed E-state index contributed by atoms with van der Waals surface area (Å²) in [5.74, 6) is 0.132. The number of hydrogen-bond donors (Lipinski definition) is 0. The van der Waals surface area contributed by atoms with Crippen molar-refractivity contribution in [2.24, 2.45) is 0 Å². The summed E-state index contributed by atoms with van der Waals surface area (Å²) in [6, 6.07) is 0. The number of likely N-dealkylation sites (N-methyl/N-ethyl adjacent to an activating group) is 1. The zero-order valence-electron chi connectivity index (χ0n) is 6.72. The molecule has 56 valence electrons. The highest BCUT2D eigenvalue weighted by atomic mass is 16.2. The SMILES string of the molecule is CCN1C(=O)C=CC1(C)C. The molecule has 2 heteroatoms. The predicted octanol–water partition coefficient (Wildman–Crippen LogP) is 1.18. The molecule has 0 aromatic carbocycles. The zero-order chi connectivity index (χ0) is 7.78. The Hall–Kier alpha value is -0.790. The van der Waals surface area contributed by atoms with Crippen molar-refractivity contribution >= 4 is 5.91 Å². The number of nitrogens with zero attached hydrogens (tertiary/aromatic N) is 1. The molecule has 10 heavy (non-hydrogen) atoms. The first kappa shape index (κ1) is 7.32. The fraction of sp³-hybridized carbons (Fsp3) is 0.625. The minimum Gasteiger partial charge on any atom is -0.331 e. The van der Waals surface area contributed by atoms with Crippen molar-refractivity contribution in [2.45, 2.75) is 26.3 Å². The second-order valence-corrected chi connectivity index (χ2v) is 3.07. The van der Waals surface area contributed by atoms with E-state index in [2.05, 4.69) is 0 Å². The van der Waals surface area contributed by atoms with Crippen molar-refractivity contribution < 1.29 is 4.79 Å². The van der Waals surface area contributed by atoms with Gasteiger partial charge < -0.3 is 4.90 Å². The molecule has 0 aromatic heterocycles. The summed E-state index contributed by atoms with van der Waals surface area (Å²) in [6.07, 6.45) is 3.59. The van der Waals surface area contributed by atoms with Crippen molar-refractivity contribution in [1.29, 1.82) is 0 Å². The van der Waals surface area contributed by atoms with Gasteiger partial charge >= 0.3 is 0 Å². The minimum atomic E-state index is -0.0637. The molecular weight excluding hydrogens is 126 g/mol. The Balaban J connectivity index is 2.82. The van der Waals surface area contributed by atoms with Crippen LogP contribution in [0.3, 0.4) is 0 Å². The quantitative estimate of drug-likeness (QED) is 0.534. The third-order valence-corrected chi connectivity index (χ3v) is 1.91. The van der Waals surface area contributed by atoms with E-state index in [-0.39, 0.29) is 11.4 Å².